The molecule has 1 aliphatic carbocycles. The van der Waals surface area contributed by atoms with Crippen molar-refractivity contribution >= 4 is 34.4 Å². The second-order valence-electron chi connectivity index (χ2n) is 12.8. The highest BCUT2D eigenvalue weighted by atomic mass is 16.4. The minimum absolute atomic E-state index is 0.0490. The molecule has 1 saturated carbocycles. The van der Waals surface area contributed by atoms with Gasteiger partial charge in [0.25, 0.3) is 5.91 Å². The van der Waals surface area contributed by atoms with Gasteiger partial charge in [-0.15, -0.1) is 0 Å². The lowest BCUT2D eigenvalue weighted by molar-refractivity contribution is -0.121. The van der Waals surface area contributed by atoms with Crippen molar-refractivity contribution in [3.8, 4) is 11.3 Å². The summed E-state index contributed by atoms with van der Waals surface area (Å²) in [7, 11) is 0. The van der Waals surface area contributed by atoms with Crippen LogP contribution in [-0.4, -0.2) is 51.9 Å². The molecule has 8 heteroatoms. The number of para-hydroxylation sites is 1. The van der Waals surface area contributed by atoms with E-state index in [1.807, 2.05) is 54.6 Å². The highest BCUT2D eigenvalue weighted by Gasteiger charge is 2.30. The van der Waals surface area contributed by atoms with Gasteiger partial charge < -0.3 is 15.7 Å². The van der Waals surface area contributed by atoms with Crippen molar-refractivity contribution in [1.29, 1.82) is 0 Å². The van der Waals surface area contributed by atoms with E-state index in [2.05, 4.69) is 22.5 Å². The van der Waals surface area contributed by atoms with E-state index in [1.165, 1.54) is 31.4 Å². The van der Waals surface area contributed by atoms with Crippen molar-refractivity contribution in [1.82, 2.24) is 15.2 Å². The summed E-state index contributed by atoms with van der Waals surface area (Å²) in [4.78, 5) is 46.0. The van der Waals surface area contributed by atoms with Crippen molar-refractivity contribution < 1.29 is 19.5 Å². The fourth-order valence-corrected chi connectivity index (χ4v) is 7.05. The fourth-order valence-electron chi connectivity index (χ4n) is 7.05. The quantitative estimate of drug-likeness (QED) is 0.184. The van der Waals surface area contributed by atoms with Crippen LogP contribution in [-0.2, 0) is 11.3 Å². The summed E-state index contributed by atoms with van der Waals surface area (Å²) < 4.78 is 0. The number of aromatic nitrogens is 1. The molecular weight excluding hydrogens is 576 g/mol. The molecule has 0 radical (unpaired) electrons. The Morgan fingerprint density at radius 3 is 2.24 bits per heavy atom. The molecule has 4 aromatic rings. The number of pyridine rings is 1. The zero-order chi connectivity index (χ0) is 32.0. The number of nitrogens with zero attached hydrogens (tertiary/aromatic N) is 2. The van der Waals surface area contributed by atoms with Gasteiger partial charge in [0.1, 0.15) is 0 Å². The number of likely N-dealkylation sites (tertiary alicyclic amines) is 1. The maximum Gasteiger partial charge on any atom is 0.335 e. The molecule has 1 aliphatic heterocycles. The Morgan fingerprint density at radius 2 is 1.54 bits per heavy atom. The molecule has 2 aliphatic rings. The average molecular weight is 619 g/mol. The van der Waals surface area contributed by atoms with Crippen LogP contribution in [0.25, 0.3) is 22.2 Å². The summed E-state index contributed by atoms with van der Waals surface area (Å²) in [6, 6.07) is 24.3. The normalized spacial score (nSPS) is 17.0. The predicted molar refractivity (Wildman–Crippen MR) is 181 cm³/mol. The molecule has 3 aromatic carbocycles. The largest absolute Gasteiger partial charge is 0.478 e. The van der Waals surface area contributed by atoms with Gasteiger partial charge in [-0.2, -0.15) is 0 Å². The number of aromatic carboxylic acids is 1. The third kappa shape index (κ3) is 7.12. The Labute approximate surface area is 270 Å². The van der Waals surface area contributed by atoms with Crippen LogP contribution < -0.4 is 10.6 Å². The first-order chi connectivity index (χ1) is 22.4. The van der Waals surface area contributed by atoms with Gasteiger partial charge in [-0.1, -0.05) is 67.8 Å². The number of carboxylic acid groups (broad SMARTS) is 1. The van der Waals surface area contributed by atoms with E-state index >= 15 is 0 Å². The molecule has 2 amide bonds. The van der Waals surface area contributed by atoms with Crippen LogP contribution in [0.4, 0.5) is 5.69 Å². The number of piperidine rings is 1. The van der Waals surface area contributed by atoms with E-state index in [1.54, 1.807) is 12.1 Å². The fraction of sp³-hybridized carbons (Fsp3) is 0.368. The van der Waals surface area contributed by atoms with Crippen molar-refractivity contribution in [2.24, 2.45) is 11.8 Å². The van der Waals surface area contributed by atoms with Crippen LogP contribution in [0.5, 0.6) is 0 Å². The molecule has 1 aromatic heterocycles. The van der Waals surface area contributed by atoms with E-state index in [4.69, 9.17) is 10.1 Å². The van der Waals surface area contributed by atoms with E-state index in [-0.39, 0.29) is 29.3 Å². The smallest absolute Gasteiger partial charge is 0.335 e. The lowest BCUT2D eigenvalue weighted by Crippen LogP contribution is -2.40. The Morgan fingerprint density at radius 1 is 0.870 bits per heavy atom. The molecule has 0 bridgehead atoms. The summed E-state index contributed by atoms with van der Waals surface area (Å²) in [6.07, 6.45) is 7.37. The van der Waals surface area contributed by atoms with Gasteiger partial charge in [-0.25, -0.2) is 9.78 Å². The number of carbonyl (C=O) groups is 3. The zero-order valence-corrected chi connectivity index (χ0v) is 26.4. The maximum absolute atomic E-state index is 14.3. The molecule has 0 spiro atoms. The van der Waals surface area contributed by atoms with E-state index < -0.39 is 5.97 Å². The van der Waals surface area contributed by atoms with Crippen molar-refractivity contribution in [3.63, 3.8) is 0 Å². The molecule has 3 N–H and O–H groups in total. The molecular formula is C38H42N4O4. The third-order valence-electron chi connectivity index (χ3n) is 9.72. The molecule has 8 nitrogen and oxygen atoms in total. The number of fused-ring (bicyclic) bond motifs is 1. The van der Waals surface area contributed by atoms with Gasteiger partial charge in [-0.3, -0.25) is 14.5 Å². The van der Waals surface area contributed by atoms with E-state index in [9.17, 15) is 14.4 Å². The van der Waals surface area contributed by atoms with E-state index in [0.717, 1.165) is 40.6 Å². The number of amides is 2. The molecule has 46 heavy (non-hydrogen) atoms. The standard InChI is InChI=1S/C38H42N4O4/c1-25(26-10-4-2-5-11-26)39-37(44)34-31-14-8-9-15-33(31)41-35(27-12-6-3-7-13-27)32(34)24-42-22-20-28(21-23-42)36(43)40-30-18-16-29(17-19-30)38(45)46/h3,6-9,12-19,25-26,28H,2,4-5,10-11,20-24H2,1H3,(H,39,44)(H,40,43)(H,45,46). The number of nitrogens with one attached hydrogen (secondary N) is 2. The maximum atomic E-state index is 14.3. The first-order valence-corrected chi connectivity index (χ1v) is 16.5. The molecule has 238 valence electrons. The Balaban J connectivity index is 1.25. The number of carbonyl (C=O) groups excluding carboxylic acids is 2. The topological polar surface area (TPSA) is 112 Å². The molecule has 2 fully saturated rings. The minimum Gasteiger partial charge on any atom is -0.478 e. The number of hydrogen-bond donors (Lipinski definition) is 3. The Hall–Kier alpha value is -4.56. The average Bonchev–Trinajstić information content (AvgIpc) is 3.09. The molecule has 1 unspecified atom stereocenters. The summed E-state index contributed by atoms with van der Waals surface area (Å²) in [6.45, 7) is 4.10. The zero-order valence-electron chi connectivity index (χ0n) is 26.4. The second kappa shape index (κ2) is 14.3. The van der Waals surface area contributed by atoms with Crippen LogP contribution in [0, 0.1) is 11.8 Å². The van der Waals surface area contributed by atoms with Crippen LogP contribution in [0.1, 0.15) is 78.1 Å². The third-order valence-corrected chi connectivity index (χ3v) is 9.72. The molecule has 1 saturated heterocycles. The van der Waals surface area contributed by atoms with Crippen molar-refractivity contribution in [2.45, 2.75) is 64.5 Å². The summed E-state index contributed by atoms with van der Waals surface area (Å²) in [5.41, 5.74) is 4.97. The number of rotatable bonds is 9. The number of anilines is 1. The SMILES string of the molecule is CC(NC(=O)c1c(CN2CCC(C(=O)Nc3ccc(C(=O)O)cc3)CC2)c(-c2ccccc2)nc2ccccc12)C1CCCCC1. The van der Waals surface area contributed by atoms with Crippen LogP contribution in [0.3, 0.4) is 0 Å². The monoisotopic (exact) mass is 618 g/mol. The highest BCUT2D eigenvalue weighted by Crippen LogP contribution is 2.33. The number of carboxylic acids is 1. The van der Waals surface area contributed by atoms with E-state index in [0.29, 0.717) is 49.6 Å². The summed E-state index contributed by atoms with van der Waals surface area (Å²) >= 11 is 0. The molecule has 2 heterocycles. The lowest BCUT2D eigenvalue weighted by Gasteiger charge is -2.33. The summed E-state index contributed by atoms with van der Waals surface area (Å²) in [5, 5.41) is 16.4. The second-order valence-corrected chi connectivity index (χ2v) is 12.8. The van der Waals surface area contributed by atoms with Gasteiger partial charge >= 0.3 is 5.97 Å². The van der Waals surface area contributed by atoms with Gasteiger partial charge in [0, 0.05) is 40.7 Å². The molecule has 6 rings (SSSR count). The lowest BCUT2D eigenvalue weighted by atomic mass is 9.84. The minimum atomic E-state index is -0.998. The van der Waals surface area contributed by atoms with Gasteiger partial charge in [0.2, 0.25) is 5.91 Å². The van der Waals surface area contributed by atoms with Gasteiger partial charge in [0.05, 0.1) is 22.3 Å². The highest BCUT2D eigenvalue weighted by molar-refractivity contribution is 6.09. The Kier molecular flexibility index (Phi) is 9.73. The first kappa shape index (κ1) is 31.4. The van der Waals surface area contributed by atoms with Crippen molar-refractivity contribution in [3.05, 3.63) is 95.6 Å². The molecule has 1 atom stereocenters. The number of hydrogen-bond acceptors (Lipinski definition) is 5. The van der Waals surface area contributed by atoms with Crippen LogP contribution >= 0.6 is 0 Å². The van der Waals surface area contributed by atoms with Gasteiger partial charge in [0.15, 0.2) is 0 Å². The van der Waals surface area contributed by atoms with Gasteiger partial charge in [-0.05, 0) is 81.9 Å². The van der Waals surface area contributed by atoms with Crippen LogP contribution in [0.15, 0.2) is 78.9 Å². The van der Waals surface area contributed by atoms with Crippen molar-refractivity contribution in [2.75, 3.05) is 18.4 Å². The summed E-state index contributed by atoms with van der Waals surface area (Å²) in [5.74, 6) is -0.772. The predicted octanol–water partition coefficient (Wildman–Crippen LogP) is 7.15. The number of benzene rings is 3. The first-order valence-electron chi connectivity index (χ1n) is 16.5. The Bertz CT molecular complexity index is 1690. The van der Waals surface area contributed by atoms with Crippen LogP contribution in [0.2, 0.25) is 0 Å².